The molecule has 0 bridgehead atoms. The first-order valence-corrected chi connectivity index (χ1v) is 7.49. The maximum atomic E-state index is 10.9. The number of hydrogen-bond acceptors (Lipinski definition) is 4. The molecule has 0 aliphatic heterocycles. The average Bonchev–Trinajstić information content (AvgIpc) is 2.97. The number of benzene rings is 1. The highest BCUT2D eigenvalue weighted by atomic mass is 79.9. The molecule has 1 aliphatic carbocycles. The number of ether oxygens (including phenoxy) is 1. The van der Waals surface area contributed by atoms with Crippen LogP contribution in [0.2, 0.25) is 0 Å². The standard InChI is InChI=1S/C15H14BrNO4/c1-20-14-10(11-7-12(15(18)19)21-17-11)6-8-4-2-3-5-9(8)13(14)16/h6-7H,2-5H2,1H3,(H,18,19). The zero-order valence-electron chi connectivity index (χ0n) is 11.5. The van der Waals surface area contributed by atoms with Crippen molar-refractivity contribution in [1.82, 2.24) is 5.16 Å². The average molecular weight is 352 g/mol. The molecule has 0 saturated heterocycles. The Bertz CT molecular complexity index is 708. The van der Waals surface area contributed by atoms with Gasteiger partial charge in [-0.1, -0.05) is 5.16 Å². The van der Waals surface area contributed by atoms with Crippen molar-refractivity contribution in [1.29, 1.82) is 0 Å². The third kappa shape index (κ3) is 2.44. The molecule has 0 spiro atoms. The summed E-state index contributed by atoms with van der Waals surface area (Å²) < 4.78 is 11.3. The smallest absolute Gasteiger partial charge is 0.374 e. The number of rotatable bonds is 3. The normalized spacial score (nSPS) is 13.8. The number of aromatic carboxylic acids is 1. The van der Waals surface area contributed by atoms with Crippen molar-refractivity contribution < 1.29 is 19.2 Å². The second-order valence-electron chi connectivity index (χ2n) is 5.00. The molecule has 6 heteroatoms. The Kier molecular flexibility index (Phi) is 3.71. The number of carboxylic acids is 1. The van der Waals surface area contributed by atoms with Gasteiger partial charge in [0.1, 0.15) is 11.4 Å². The van der Waals surface area contributed by atoms with E-state index in [2.05, 4.69) is 21.1 Å². The largest absolute Gasteiger partial charge is 0.495 e. The van der Waals surface area contributed by atoms with Gasteiger partial charge in [0.05, 0.1) is 11.6 Å². The molecule has 21 heavy (non-hydrogen) atoms. The van der Waals surface area contributed by atoms with Crippen LogP contribution in [0.25, 0.3) is 11.3 Å². The minimum absolute atomic E-state index is 0.180. The van der Waals surface area contributed by atoms with E-state index in [4.69, 9.17) is 14.4 Å². The van der Waals surface area contributed by atoms with Gasteiger partial charge < -0.3 is 14.4 Å². The zero-order valence-corrected chi connectivity index (χ0v) is 13.1. The summed E-state index contributed by atoms with van der Waals surface area (Å²) in [5.74, 6) is -0.647. The molecule has 1 N–H and O–H groups in total. The molecule has 5 nitrogen and oxygen atoms in total. The van der Waals surface area contributed by atoms with Crippen molar-refractivity contribution in [2.75, 3.05) is 7.11 Å². The van der Waals surface area contributed by atoms with E-state index in [1.165, 1.54) is 23.6 Å². The number of nitrogens with zero attached hydrogens (tertiary/aromatic N) is 1. The third-order valence-electron chi connectivity index (χ3n) is 3.74. The quantitative estimate of drug-likeness (QED) is 0.912. The fourth-order valence-corrected chi connectivity index (χ4v) is 3.55. The van der Waals surface area contributed by atoms with Gasteiger partial charge in [-0.15, -0.1) is 0 Å². The lowest BCUT2D eigenvalue weighted by Gasteiger charge is -2.21. The van der Waals surface area contributed by atoms with Crippen molar-refractivity contribution in [3.63, 3.8) is 0 Å². The summed E-state index contributed by atoms with van der Waals surface area (Å²) in [5.41, 5.74) is 3.74. The van der Waals surface area contributed by atoms with Crippen LogP contribution >= 0.6 is 15.9 Å². The molecule has 0 fully saturated rings. The highest BCUT2D eigenvalue weighted by Crippen LogP contribution is 2.42. The van der Waals surface area contributed by atoms with Crippen LogP contribution in [-0.2, 0) is 12.8 Å². The van der Waals surface area contributed by atoms with Crippen LogP contribution in [0.5, 0.6) is 5.75 Å². The summed E-state index contributed by atoms with van der Waals surface area (Å²) in [6.45, 7) is 0. The van der Waals surface area contributed by atoms with Gasteiger partial charge in [0, 0.05) is 11.6 Å². The van der Waals surface area contributed by atoms with Crippen molar-refractivity contribution in [3.8, 4) is 17.0 Å². The van der Waals surface area contributed by atoms with Gasteiger partial charge in [-0.25, -0.2) is 4.79 Å². The first kappa shape index (κ1) is 14.1. The highest BCUT2D eigenvalue weighted by molar-refractivity contribution is 9.10. The Balaban J connectivity index is 2.16. The Labute approximate surface area is 130 Å². The Morgan fingerprint density at radius 2 is 2.14 bits per heavy atom. The lowest BCUT2D eigenvalue weighted by molar-refractivity contribution is 0.0652. The lowest BCUT2D eigenvalue weighted by atomic mass is 9.89. The molecule has 0 atom stereocenters. The fraction of sp³-hybridized carbons (Fsp3) is 0.333. The predicted molar refractivity (Wildman–Crippen MR) is 79.8 cm³/mol. The van der Waals surface area contributed by atoms with Gasteiger partial charge in [-0.2, -0.15) is 0 Å². The number of carboxylic acid groups (broad SMARTS) is 1. The Hall–Kier alpha value is -1.82. The molecule has 3 rings (SSSR count). The monoisotopic (exact) mass is 351 g/mol. The van der Waals surface area contributed by atoms with Gasteiger partial charge in [0.2, 0.25) is 5.76 Å². The molecule has 0 unspecified atom stereocenters. The third-order valence-corrected chi connectivity index (χ3v) is 4.58. The van der Waals surface area contributed by atoms with Crippen LogP contribution in [0, 0.1) is 0 Å². The van der Waals surface area contributed by atoms with Crippen LogP contribution < -0.4 is 4.74 Å². The summed E-state index contributed by atoms with van der Waals surface area (Å²) in [6.07, 6.45) is 4.35. The van der Waals surface area contributed by atoms with E-state index in [1.807, 2.05) is 6.07 Å². The molecule has 0 radical (unpaired) electrons. The van der Waals surface area contributed by atoms with E-state index in [0.717, 1.165) is 29.3 Å². The second kappa shape index (κ2) is 5.52. The van der Waals surface area contributed by atoms with E-state index in [-0.39, 0.29) is 5.76 Å². The van der Waals surface area contributed by atoms with Crippen molar-refractivity contribution >= 4 is 21.9 Å². The summed E-state index contributed by atoms with van der Waals surface area (Å²) in [6, 6.07) is 3.45. The number of halogens is 1. The minimum Gasteiger partial charge on any atom is -0.495 e. The van der Waals surface area contributed by atoms with Crippen molar-refractivity contribution in [2.24, 2.45) is 0 Å². The van der Waals surface area contributed by atoms with E-state index >= 15 is 0 Å². The van der Waals surface area contributed by atoms with E-state index < -0.39 is 5.97 Å². The van der Waals surface area contributed by atoms with Gasteiger partial charge in [-0.05, 0) is 58.8 Å². The molecule has 1 aromatic heterocycles. The number of carbonyl (C=O) groups is 1. The fourth-order valence-electron chi connectivity index (χ4n) is 2.73. The molecule has 1 heterocycles. The SMILES string of the molecule is COc1c(-c2cc(C(=O)O)on2)cc2c(c1Br)CCCC2. The van der Waals surface area contributed by atoms with E-state index in [0.29, 0.717) is 11.4 Å². The number of methoxy groups -OCH3 is 1. The predicted octanol–water partition coefficient (Wildman–Crippen LogP) is 3.69. The van der Waals surface area contributed by atoms with E-state index in [9.17, 15) is 4.79 Å². The van der Waals surface area contributed by atoms with Crippen LogP contribution in [0.3, 0.4) is 0 Å². The molecule has 0 saturated carbocycles. The number of fused-ring (bicyclic) bond motifs is 1. The van der Waals surface area contributed by atoms with Crippen molar-refractivity contribution in [2.45, 2.75) is 25.7 Å². The summed E-state index contributed by atoms with van der Waals surface area (Å²) in [5, 5.41) is 12.8. The minimum atomic E-state index is -1.13. The van der Waals surface area contributed by atoms with E-state index in [1.54, 1.807) is 7.11 Å². The lowest BCUT2D eigenvalue weighted by Crippen LogP contribution is -2.06. The number of hydrogen-bond donors (Lipinski definition) is 1. The summed E-state index contributed by atoms with van der Waals surface area (Å²) in [4.78, 5) is 10.9. The molecule has 0 amide bonds. The summed E-state index contributed by atoms with van der Waals surface area (Å²) >= 11 is 3.61. The van der Waals surface area contributed by atoms with Crippen LogP contribution in [0.15, 0.2) is 21.1 Å². The van der Waals surface area contributed by atoms with Gasteiger partial charge in [-0.3, -0.25) is 0 Å². The summed E-state index contributed by atoms with van der Waals surface area (Å²) in [7, 11) is 1.59. The maximum Gasteiger partial charge on any atom is 0.374 e. The molecule has 110 valence electrons. The first-order chi connectivity index (χ1) is 10.1. The molecular weight excluding hydrogens is 338 g/mol. The molecule has 2 aromatic rings. The molecule has 1 aliphatic rings. The number of aromatic nitrogens is 1. The number of aryl methyl sites for hydroxylation is 1. The maximum absolute atomic E-state index is 10.9. The van der Waals surface area contributed by atoms with Crippen LogP contribution in [0.1, 0.15) is 34.5 Å². The first-order valence-electron chi connectivity index (χ1n) is 6.70. The van der Waals surface area contributed by atoms with Gasteiger partial charge in [0.25, 0.3) is 0 Å². The van der Waals surface area contributed by atoms with Crippen molar-refractivity contribution in [3.05, 3.63) is 33.5 Å². The Morgan fingerprint density at radius 1 is 1.38 bits per heavy atom. The van der Waals surface area contributed by atoms with Gasteiger partial charge >= 0.3 is 5.97 Å². The van der Waals surface area contributed by atoms with Gasteiger partial charge in [0.15, 0.2) is 0 Å². The van der Waals surface area contributed by atoms with Crippen LogP contribution in [-0.4, -0.2) is 23.3 Å². The second-order valence-corrected chi connectivity index (χ2v) is 5.79. The van der Waals surface area contributed by atoms with Crippen LogP contribution in [0.4, 0.5) is 0 Å². The molecular formula is C15H14BrNO4. The molecule has 1 aromatic carbocycles. The zero-order chi connectivity index (χ0) is 15.0. The highest BCUT2D eigenvalue weighted by Gasteiger charge is 2.23. The topological polar surface area (TPSA) is 72.6 Å². The Morgan fingerprint density at radius 3 is 2.81 bits per heavy atom.